The first-order valence-corrected chi connectivity index (χ1v) is 9.48. The van der Waals surface area contributed by atoms with E-state index >= 15 is 0 Å². The number of hydrogen-bond acceptors (Lipinski definition) is 2. The lowest BCUT2D eigenvalue weighted by Gasteiger charge is -2.17. The predicted molar refractivity (Wildman–Crippen MR) is 112 cm³/mol. The van der Waals surface area contributed by atoms with Gasteiger partial charge in [0.25, 0.3) is 0 Å². The number of amides is 1. The summed E-state index contributed by atoms with van der Waals surface area (Å²) >= 11 is 0. The second-order valence-electron chi connectivity index (χ2n) is 6.87. The van der Waals surface area contributed by atoms with Crippen molar-refractivity contribution >= 4 is 11.6 Å². The third-order valence-electron chi connectivity index (χ3n) is 4.08. The summed E-state index contributed by atoms with van der Waals surface area (Å²) in [5.74, 6) is 2.23. The van der Waals surface area contributed by atoms with Gasteiger partial charge in [0.05, 0.1) is 5.69 Å². The number of nitrogens with one attached hydrogen (secondary N) is 1. The number of anilines is 1. The smallest absolute Gasteiger partial charge is 0.221 e. The molecule has 0 heterocycles. The third kappa shape index (κ3) is 5.91. The Labute approximate surface area is 158 Å². The van der Waals surface area contributed by atoms with Gasteiger partial charge in [0.2, 0.25) is 5.91 Å². The SMILES string of the molecule is CC.CC(=O)Nc1ccc(C(C)C)cc1Oc1cc(C(C)C)ccc1C. The first kappa shape index (κ1) is 21.8. The molecule has 0 saturated carbocycles. The fraction of sp³-hybridized carbons (Fsp3) is 0.435. The van der Waals surface area contributed by atoms with Crippen molar-refractivity contribution in [3.8, 4) is 11.5 Å². The van der Waals surface area contributed by atoms with E-state index in [1.54, 1.807) is 0 Å². The van der Waals surface area contributed by atoms with Gasteiger partial charge in [0.1, 0.15) is 5.75 Å². The molecule has 2 aromatic carbocycles. The molecule has 2 rings (SSSR count). The summed E-state index contributed by atoms with van der Waals surface area (Å²) in [6.45, 7) is 16.1. The molecule has 0 aromatic heterocycles. The lowest BCUT2D eigenvalue weighted by Crippen LogP contribution is -2.07. The van der Waals surface area contributed by atoms with Crippen LogP contribution in [0.25, 0.3) is 0 Å². The molecule has 0 aliphatic rings. The van der Waals surface area contributed by atoms with Gasteiger partial charge >= 0.3 is 0 Å². The standard InChI is InChI=1S/C21H27NO2.C2H6/c1-13(2)17-8-7-15(5)20(11-17)24-21-12-18(14(3)4)9-10-19(21)22-16(6)23;1-2/h7-14H,1-6H3,(H,22,23);1-2H3. The highest BCUT2D eigenvalue weighted by Crippen LogP contribution is 2.35. The summed E-state index contributed by atoms with van der Waals surface area (Å²) < 4.78 is 6.21. The van der Waals surface area contributed by atoms with E-state index in [0.717, 1.165) is 11.3 Å². The molecular formula is C23H33NO2. The molecule has 0 spiro atoms. The van der Waals surface area contributed by atoms with Crippen LogP contribution in [0.2, 0.25) is 0 Å². The Morgan fingerprint density at radius 3 is 1.88 bits per heavy atom. The van der Waals surface area contributed by atoms with Crippen LogP contribution in [0.1, 0.15) is 77.0 Å². The molecule has 142 valence electrons. The van der Waals surface area contributed by atoms with Crippen LogP contribution in [0.15, 0.2) is 36.4 Å². The summed E-state index contributed by atoms with van der Waals surface area (Å²) in [6.07, 6.45) is 0. The van der Waals surface area contributed by atoms with Gasteiger partial charge in [-0.1, -0.05) is 59.7 Å². The quantitative estimate of drug-likeness (QED) is 0.626. The monoisotopic (exact) mass is 355 g/mol. The van der Waals surface area contributed by atoms with Crippen molar-refractivity contribution in [3.63, 3.8) is 0 Å². The van der Waals surface area contributed by atoms with Crippen molar-refractivity contribution in [1.82, 2.24) is 0 Å². The average Bonchev–Trinajstić information content (AvgIpc) is 2.59. The van der Waals surface area contributed by atoms with Crippen LogP contribution in [0.4, 0.5) is 5.69 Å². The van der Waals surface area contributed by atoms with Gasteiger partial charge in [-0.05, 0) is 53.6 Å². The fourth-order valence-electron chi connectivity index (χ4n) is 2.48. The minimum Gasteiger partial charge on any atom is -0.455 e. The van der Waals surface area contributed by atoms with E-state index in [0.29, 0.717) is 23.3 Å². The number of rotatable bonds is 5. The highest BCUT2D eigenvalue weighted by molar-refractivity contribution is 5.90. The first-order chi connectivity index (χ1) is 12.3. The normalized spacial score (nSPS) is 10.4. The molecule has 0 bridgehead atoms. The Hall–Kier alpha value is -2.29. The van der Waals surface area contributed by atoms with Gasteiger partial charge in [0.15, 0.2) is 5.75 Å². The van der Waals surface area contributed by atoms with Crippen molar-refractivity contribution in [3.05, 3.63) is 53.1 Å². The van der Waals surface area contributed by atoms with Gasteiger partial charge in [-0.15, -0.1) is 0 Å². The minimum absolute atomic E-state index is 0.107. The van der Waals surface area contributed by atoms with Crippen LogP contribution >= 0.6 is 0 Å². The molecule has 0 aliphatic heterocycles. The Bertz CT molecular complexity index is 733. The van der Waals surface area contributed by atoms with Crippen LogP contribution < -0.4 is 10.1 Å². The molecule has 0 saturated heterocycles. The molecule has 1 N–H and O–H groups in total. The molecule has 3 heteroatoms. The molecule has 3 nitrogen and oxygen atoms in total. The largest absolute Gasteiger partial charge is 0.455 e. The van der Waals surface area contributed by atoms with Crippen molar-refractivity contribution in [2.24, 2.45) is 0 Å². The highest BCUT2D eigenvalue weighted by Gasteiger charge is 2.12. The van der Waals surface area contributed by atoms with Crippen molar-refractivity contribution in [2.75, 3.05) is 5.32 Å². The molecule has 2 aromatic rings. The van der Waals surface area contributed by atoms with Crippen molar-refractivity contribution in [2.45, 2.75) is 67.2 Å². The molecule has 0 radical (unpaired) electrons. The highest BCUT2D eigenvalue weighted by atomic mass is 16.5. The van der Waals surface area contributed by atoms with Gasteiger partial charge in [0, 0.05) is 6.92 Å². The van der Waals surface area contributed by atoms with Gasteiger partial charge in [-0.2, -0.15) is 0 Å². The average molecular weight is 356 g/mol. The van der Waals surface area contributed by atoms with Crippen LogP contribution in [-0.2, 0) is 4.79 Å². The van der Waals surface area contributed by atoms with E-state index in [2.05, 4.69) is 51.2 Å². The molecule has 26 heavy (non-hydrogen) atoms. The predicted octanol–water partition coefficient (Wildman–Crippen LogP) is 7.02. The maximum atomic E-state index is 11.5. The zero-order valence-electron chi connectivity index (χ0n) is 17.4. The second kappa shape index (κ2) is 10.0. The molecule has 0 aliphatic carbocycles. The Kier molecular flexibility index (Phi) is 8.37. The number of carbonyl (C=O) groups excluding carboxylic acids is 1. The number of carbonyl (C=O) groups is 1. The lowest BCUT2D eigenvalue weighted by molar-refractivity contribution is -0.114. The maximum absolute atomic E-state index is 11.5. The molecule has 0 unspecified atom stereocenters. The number of aryl methyl sites for hydroxylation is 1. The van der Waals surface area contributed by atoms with E-state index in [9.17, 15) is 4.79 Å². The van der Waals surface area contributed by atoms with E-state index in [1.165, 1.54) is 18.1 Å². The Morgan fingerprint density at radius 2 is 1.38 bits per heavy atom. The molecular weight excluding hydrogens is 322 g/mol. The van der Waals surface area contributed by atoms with E-state index < -0.39 is 0 Å². The van der Waals surface area contributed by atoms with E-state index in [1.807, 2.05) is 39.0 Å². The maximum Gasteiger partial charge on any atom is 0.221 e. The number of ether oxygens (including phenoxy) is 1. The van der Waals surface area contributed by atoms with E-state index in [4.69, 9.17) is 4.74 Å². The molecule has 1 amide bonds. The zero-order valence-corrected chi connectivity index (χ0v) is 17.4. The van der Waals surface area contributed by atoms with Crippen LogP contribution in [-0.4, -0.2) is 5.91 Å². The second-order valence-corrected chi connectivity index (χ2v) is 6.87. The first-order valence-electron chi connectivity index (χ1n) is 9.48. The zero-order chi connectivity index (χ0) is 19.9. The van der Waals surface area contributed by atoms with Crippen molar-refractivity contribution < 1.29 is 9.53 Å². The summed E-state index contributed by atoms with van der Waals surface area (Å²) in [7, 11) is 0. The van der Waals surface area contributed by atoms with Crippen LogP contribution in [0.3, 0.4) is 0 Å². The fourth-order valence-corrected chi connectivity index (χ4v) is 2.48. The number of benzene rings is 2. The lowest BCUT2D eigenvalue weighted by atomic mass is 10.0. The number of hydrogen-bond donors (Lipinski definition) is 1. The summed E-state index contributed by atoms with van der Waals surface area (Å²) in [5, 5.41) is 2.85. The van der Waals surface area contributed by atoms with Crippen LogP contribution in [0, 0.1) is 6.92 Å². The Morgan fingerprint density at radius 1 is 0.885 bits per heavy atom. The van der Waals surface area contributed by atoms with Gasteiger partial charge < -0.3 is 10.1 Å². The molecule has 0 fully saturated rings. The molecule has 0 atom stereocenters. The summed E-state index contributed by atoms with van der Waals surface area (Å²) in [6, 6.07) is 12.2. The van der Waals surface area contributed by atoms with Gasteiger partial charge in [-0.3, -0.25) is 4.79 Å². The van der Waals surface area contributed by atoms with Gasteiger partial charge in [-0.25, -0.2) is 0 Å². The topological polar surface area (TPSA) is 38.3 Å². The Balaban J connectivity index is 0.00000163. The van der Waals surface area contributed by atoms with E-state index in [-0.39, 0.29) is 5.91 Å². The van der Waals surface area contributed by atoms with Crippen molar-refractivity contribution in [1.29, 1.82) is 0 Å². The minimum atomic E-state index is -0.107. The third-order valence-corrected chi connectivity index (χ3v) is 4.08. The summed E-state index contributed by atoms with van der Waals surface area (Å²) in [4.78, 5) is 11.5. The van der Waals surface area contributed by atoms with Crippen LogP contribution in [0.5, 0.6) is 11.5 Å². The summed E-state index contributed by atoms with van der Waals surface area (Å²) in [5.41, 5.74) is 4.18.